The van der Waals surface area contributed by atoms with Gasteiger partial charge in [0.15, 0.2) is 0 Å². The molecule has 2 rings (SSSR count). The summed E-state index contributed by atoms with van der Waals surface area (Å²) in [6.07, 6.45) is 6.11. The second-order valence-corrected chi connectivity index (χ2v) is 3.23. The Morgan fingerprint density at radius 2 is 2.12 bits per heavy atom. The van der Waals surface area contributed by atoms with E-state index in [-0.39, 0.29) is 11.6 Å². The molecule has 0 fully saturated rings. The topological polar surface area (TPSA) is 79.8 Å². The largest absolute Gasteiger partial charge is 0.372 e. The summed E-state index contributed by atoms with van der Waals surface area (Å²) in [6.45, 7) is 0. The third-order valence-corrected chi connectivity index (χ3v) is 2.06. The number of amides is 1. The molecule has 0 saturated heterocycles. The van der Waals surface area contributed by atoms with Crippen LogP contribution in [0.4, 0.5) is 11.5 Å². The van der Waals surface area contributed by atoms with Crippen molar-refractivity contribution >= 4 is 17.4 Å². The molecule has 0 aromatic carbocycles. The fraction of sp³-hybridized carbons (Fsp3) is 0.0909. The summed E-state index contributed by atoms with van der Waals surface area (Å²) >= 11 is 0. The summed E-state index contributed by atoms with van der Waals surface area (Å²) in [4.78, 5) is 23.6. The molecule has 17 heavy (non-hydrogen) atoms. The molecule has 0 aliphatic heterocycles. The molecule has 2 N–H and O–H groups in total. The molecule has 86 valence electrons. The molecule has 0 aliphatic rings. The van der Waals surface area contributed by atoms with E-state index in [0.717, 1.165) is 0 Å². The Labute approximate surface area is 98.1 Å². The molecule has 6 nitrogen and oxygen atoms in total. The van der Waals surface area contributed by atoms with Crippen molar-refractivity contribution in [3.05, 3.63) is 42.6 Å². The molecule has 0 atom stereocenters. The monoisotopic (exact) mass is 229 g/mol. The second-order valence-electron chi connectivity index (χ2n) is 3.23. The van der Waals surface area contributed by atoms with E-state index < -0.39 is 0 Å². The lowest BCUT2D eigenvalue weighted by Gasteiger charge is -2.04. The van der Waals surface area contributed by atoms with Gasteiger partial charge >= 0.3 is 0 Å². The van der Waals surface area contributed by atoms with Gasteiger partial charge in [0.1, 0.15) is 11.5 Å². The first-order valence-corrected chi connectivity index (χ1v) is 5.01. The van der Waals surface area contributed by atoms with Crippen molar-refractivity contribution in [2.75, 3.05) is 17.7 Å². The molecule has 0 bridgehead atoms. The molecule has 2 aromatic heterocycles. The smallest absolute Gasteiger partial charge is 0.275 e. The first-order valence-electron chi connectivity index (χ1n) is 5.01. The van der Waals surface area contributed by atoms with Crippen LogP contribution in [0.15, 0.2) is 36.9 Å². The molecule has 0 aliphatic carbocycles. The van der Waals surface area contributed by atoms with Crippen LogP contribution in [0.5, 0.6) is 0 Å². The van der Waals surface area contributed by atoms with Crippen molar-refractivity contribution in [1.82, 2.24) is 15.0 Å². The lowest BCUT2D eigenvalue weighted by Crippen LogP contribution is -2.14. The van der Waals surface area contributed by atoms with E-state index in [2.05, 4.69) is 25.6 Å². The zero-order valence-electron chi connectivity index (χ0n) is 9.21. The van der Waals surface area contributed by atoms with Crippen LogP contribution < -0.4 is 10.6 Å². The summed E-state index contributed by atoms with van der Waals surface area (Å²) in [7, 11) is 1.74. The third kappa shape index (κ3) is 2.75. The standard InChI is InChI=1S/C11H11N5O/c1-12-10-7-14-9(6-15-10)11(17)16-8-3-2-4-13-5-8/h2-7H,1H3,(H,12,15)(H,16,17). The van der Waals surface area contributed by atoms with Crippen molar-refractivity contribution in [3.8, 4) is 0 Å². The Kier molecular flexibility index (Phi) is 3.25. The molecule has 0 radical (unpaired) electrons. The Morgan fingerprint density at radius 1 is 1.24 bits per heavy atom. The predicted molar refractivity (Wildman–Crippen MR) is 63.8 cm³/mol. The lowest BCUT2D eigenvalue weighted by molar-refractivity contribution is 0.102. The van der Waals surface area contributed by atoms with Crippen LogP contribution in [0.1, 0.15) is 10.5 Å². The van der Waals surface area contributed by atoms with Crippen molar-refractivity contribution in [3.63, 3.8) is 0 Å². The zero-order valence-corrected chi connectivity index (χ0v) is 9.21. The van der Waals surface area contributed by atoms with Crippen LogP contribution in [-0.4, -0.2) is 27.9 Å². The fourth-order valence-electron chi connectivity index (χ4n) is 1.21. The highest BCUT2D eigenvalue weighted by molar-refractivity contribution is 6.02. The van der Waals surface area contributed by atoms with Crippen LogP contribution in [0.2, 0.25) is 0 Å². The molecular formula is C11H11N5O. The van der Waals surface area contributed by atoms with Gasteiger partial charge in [-0.15, -0.1) is 0 Å². The van der Waals surface area contributed by atoms with E-state index >= 15 is 0 Å². The maximum Gasteiger partial charge on any atom is 0.275 e. The summed E-state index contributed by atoms with van der Waals surface area (Å²) < 4.78 is 0. The van der Waals surface area contributed by atoms with E-state index in [4.69, 9.17) is 0 Å². The normalized spacial score (nSPS) is 9.71. The minimum atomic E-state index is -0.312. The van der Waals surface area contributed by atoms with Crippen LogP contribution in [0, 0.1) is 0 Å². The van der Waals surface area contributed by atoms with Crippen LogP contribution in [0.3, 0.4) is 0 Å². The maximum atomic E-state index is 11.8. The van der Waals surface area contributed by atoms with Crippen molar-refractivity contribution in [2.45, 2.75) is 0 Å². The predicted octanol–water partition coefficient (Wildman–Crippen LogP) is 1.17. The van der Waals surface area contributed by atoms with E-state index in [9.17, 15) is 4.79 Å². The van der Waals surface area contributed by atoms with Gasteiger partial charge < -0.3 is 10.6 Å². The first-order chi connectivity index (χ1) is 8.29. The highest BCUT2D eigenvalue weighted by Gasteiger charge is 2.07. The highest BCUT2D eigenvalue weighted by atomic mass is 16.1. The van der Waals surface area contributed by atoms with Gasteiger partial charge in [-0.3, -0.25) is 9.78 Å². The SMILES string of the molecule is CNc1cnc(C(=O)Nc2cccnc2)cn1. The van der Waals surface area contributed by atoms with Crippen molar-refractivity contribution in [1.29, 1.82) is 0 Å². The van der Waals surface area contributed by atoms with Gasteiger partial charge in [-0.05, 0) is 12.1 Å². The van der Waals surface area contributed by atoms with Gasteiger partial charge in [-0.1, -0.05) is 0 Å². The molecule has 2 heterocycles. The summed E-state index contributed by atoms with van der Waals surface area (Å²) in [5.74, 6) is 0.302. The lowest BCUT2D eigenvalue weighted by atomic mass is 10.3. The number of carbonyl (C=O) groups excluding carboxylic acids is 1. The van der Waals surface area contributed by atoms with Gasteiger partial charge in [0.2, 0.25) is 0 Å². The van der Waals surface area contributed by atoms with Crippen molar-refractivity contribution < 1.29 is 4.79 Å². The van der Waals surface area contributed by atoms with E-state index in [1.807, 2.05) is 0 Å². The Hall–Kier alpha value is -2.50. The van der Waals surface area contributed by atoms with Crippen molar-refractivity contribution in [2.24, 2.45) is 0 Å². The number of pyridine rings is 1. The molecule has 0 saturated carbocycles. The fourth-order valence-corrected chi connectivity index (χ4v) is 1.21. The number of hydrogen-bond acceptors (Lipinski definition) is 5. The van der Waals surface area contributed by atoms with Gasteiger partial charge in [-0.25, -0.2) is 9.97 Å². The van der Waals surface area contributed by atoms with E-state index in [0.29, 0.717) is 11.5 Å². The Balaban J connectivity index is 2.09. The number of nitrogens with zero attached hydrogens (tertiary/aromatic N) is 3. The Bertz CT molecular complexity index is 497. The molecule has 1 amide bonds. The minimum absolute atomic E-state index is 0.257. The average molecular weight is 229 g/mol. The van der Waals surface area contributed by atoms with Gasteiger partial charge in [0.05, 0.1) is 24.3 Å². The Morgan fingerprint density at radius 3 is 2.71 bits per heavy atom. The first kappa shape index (κ1) is 11.0. The number of aromatic nitrogens is 3. The average Bonchev–Trinajstić information content (AvgIpc) is 2.40. The maximum absolute atomic E-state index is 11.8. The molecule has 0 unspecified atom stereocenters. The quantitative estimate of drug-likeness (QED) is 0.825. The number of nitrogens with one attached hydrogen (secondary N) is 2. The summed E-state index contributed by atoms with van der Waals surface area (Å²) in [5.41, 5.74) is 0.879. The number of rotatable bonds is 3. The zero-order chi connectivity index (χ0) is 12.1. The number of carbonyl (C=O) groups is 1. The van der Waals surface area contributed by atoms with E-state index in [1.165, 1.54) is 12.4 Å². The molecule has 6 heteroatoms. The molecular weight excluding hydrogens is 218 g/mol. The minimum Gasteiger partial charge on any atom is -0.372 e. The van der Waals surface area contributed by atoms with Crippen LogP contribution >= 0.6 is 0 Å². The number of hydrogen-bond donors (Lipinski definition) is 2. The highest BCUT2D eigenvalue weighted by Crippen LogP contribution is 2.06. The van der Waals surface area contributed by atoms with Gasteiger partial charge in [-0.2, -0.15) is 0 Å². The van der Waals surface area contributed by atoms with Gasteiger partial charge in [0, 0.05) is 13.2 Å². The van der Waals surface area contributed by atoms with Gasteiger partial charge in [0.25, 0.3) is 5.91 Å². The van der Waals surface area contributed by atoms with E-state index in [1.54, 1.807) is 31.6 Å². The third-order valence-electron chi connectivity index (χ3n) is 2.06. The van der Waals surface area contributed by atoms with Crippen LogP contribution in [-0.2, 0) is 0 Å². The summed E-state index contributed by atoms with van der Waals surface area (Å²) in [5, 5.41) is 5.50. The number of anilines is 2. The second kappa shape index (κ2) is 5.02. The summed E-state index contributed by atoms with van der Waals surface area (Å²) in [6, 6.07) is 3.49. The molecule has 2 aromatic rings. The van der Waals surface area contributed by atoms with Crippen LogP contribution in [0.25, 0.3) is 0 Å². The molecule has 0 spiro atoms.